The fraction of sp³-hybridized carbons (Fsp3) is 0.151. The SMILES string of the molecule is CP(C)(=O)c1ccc(-c2ccc(C3(c4ccc(-c5nc(-c6ccccc6)nc(-c6ccc(-c7ccc(-c8ccccc8)cc7)cc6)n5)cc4)CCCCC3)cc2)cc1. The van der Waals surface area contributed by atoms with Crippen LogP contribution < -0.4 is 5.30 Å². The summed E-state index contributed by atoms with van der Waals surface area (Å²) in [6.45, 7) is 3.65. The van der Waals surface area contributed by atoms with E-state index in [9.17, 15) is 4.57 Å². The molecule has 0 atom stereocenters. The number of benzene rings is 7. The molecule has 1 aromatic heterocycles. The summed E-state index contributed by atoms with van der Waals surface area (Å²) in [7, 11) is -2.29. The lowest BCUT2D eigenvalue weighted by atomic mass is 9.65. The standard InChI is InChI=1S/C53H46N3OP/c1-58(2,57)49-34-28-43(29-35-49)42-24-30-47(31-25-42)53(36-10-5-11-37-53)48-32-26-46(27-33-48)52-55-50(44-14-8-4-9-15-44)54-51(56-52)45-22-20-41(21-23-45)40-18-16-39(17-19-40)38-12-6-3-7-13-38/h3-4,6-9,12-35H,5,10-11,36-37H2,1-2H3. The van der Waals surface area contributed by atoms with E-state index in [-0.39, 0.29) is 5.41 Å². The minimum absolute atomic E-state index is 0.0562. The van der Waals surface area contributed by atoms with Crippen LogP contribution in [0.25, 0.3) is 67.5 Å². The van der Waals surface area contributed by atoms with Gasteiger partial charge in [0.15, 0.2) is 17.5 Å². The molecule has 0 saturated heterocycles. The van der Waals surface area contributed by atoms with Gasteiger partial charge < -0.3 is 4.57 Å². The first-order valence-electron chi connectivity index (χ1n) is 20.3. The highest BCUT2D eigenvalue weighted by molar-refractivity contribution is 7.70. The minimum atomic E-state index is -2.29. The van der Waals surface area contributed by atoms with Crippen LogP contribution in [-0.4, -0.2) is 28.3 Å². The summed E-state index contributed by atoms with van der Waals surface area (Å²) in [6.07, 6.45) is 5.90. The molecule has 1 aliphatic rings. The van der Waals surface area contributed by atoms with Crippen LogP contribution in [0.2, 0.25) is 0 Å². The number of hydrogen-bond acceptors (Lipinski definition) is 4. The zero-order chi connectivity index (χ0) is 39.5. The Morgan fingerprint density at radius 3 is 1.05 bits per heavy atom. The molecule has 58 heavy (non-hydrogen) atoms. The van der Waals surface area contributed by atoms with E-state index in [0.29, 0.717) is 17.5 Å². The van der Waals surface area contributed by atoms with Crippen molar-refractivity contribution in [1.82, 2.24) is 15.0 Å². The van der Waals surface area contributed by atoms with E-state index in [2.05, 4.69) is 146 Å². The molecule has 0 radical (unpaired) electrons. The zero-order valence-electron chi connectivity index (χ0n) is 33.1. The van der Waals surface area contributed by atoms with Crippen molar-refractivity contribution in [2.75, 3.05) is 13.3 Å². The van der Waals surface area contributed by atoms with Gasteiger partial charge in [-0.25, -0.2) is 15.0 Å². The Morgan fingerprint density at radius 1 is 0.362 bits per heavy atom. The van der Waals surface area contributed by atoms with Gasteiger partial charge in [-0.1, -0.05) is 201 Å². The third-order valence-electron chi connectivity index (χ3n) is 11.8. The van der Waals surface area contributed by atoms with Crippen LogP contribution in [0.5, 0.6) is 0 Å². The van der Waals surface area contributed by atoms with Gasteiger partial charge in [0, 0.05) is 27.4 Å². The van der Waals surface area contributed by atoms with E-state index >= 15 is 0 Å². The summed E-state index contributed by atoms with van der Waals surface area (Å²) in [5.74, 6) is 1.96. The summed E-state index contributed by atoms with van der Waals surface area (Å²) in [6, 6.07) is 64.2. The van der Waals surface area contributed by atoms with Gasteiger partial charge in [0.25, 0.3) is 0 Å². The van der Waals surface area contributed by atoms with Crippen molar-refractivity contribution in [3.63, 3.8) is 0 Å². The molecule has 5 heteroatoms. The highest BCUT2D eigenvalue weighted by atomic mass is 31.2. The van der Waals surface area contributed by atoms with Gasteiger partial charge in [-0.05, 0) is 70.7 Å². The quantitative estimate of drug-likeness (QED) is 0.137. The second kappa shape index (κ2) is 16.0. The van der Waals surface area contributed by atoms with Crippen LogP contribution in [0, 0.1) is 0 Å². The minimum Gasteiger partial charge on any atom is -0.319 e. The molecule has 4 nitrogen and oxygen atoms in total. The predicted octanol–water partition coefficient (Wildman–Crippen LogP) is 13.4. The van der Waals surface area contributed by atoms with Gasteiger partial charge in [0.1, 0.15) is 7.14 Å². The molecular formula is C53H46N3OP. The van der Waals surface area contributed by atoms with Crippen molar-refractivity contribution in [2.24, 2.45) is 0 Å². The first-order chi connectivity index (χ1) is 28.3. The topological polar surface area (TPSA) is 55.7 Å². The molecule has 8 aromatic rings. The van der Waals surface area contributed by atoms with Crippen LogP contribution >= 0.6 is 7.14 Å². The number of nitrogens with zero attached hydrogens (tertiary/aromatic N) is 3. The van der Waals surface area contributed by atoms with Crippen molar-refractivity contribution in [1.29, 1.82) is 0 Å². The summed E-state index contributed by atoms with van der Waals surface area (Å²) >= 11 is 0. The average Bonchev–Trinajstić information content (AvgIpc) is 3.30. The van der Waals surface area contributed by atoms with Crippen LogP contribution in [0.3, 0.4) is 0 Å². The molecule has 0 spiro atoms. The molecule has 0 N–H and O–H groups in total. The van der Waals surface area contributed by atoms with Gasteiger partial charge in [0.2, 0.25) is 0 Å². The highest BCUT2D eigenvalue weighted by Gasteiger charge is 2.35. The number of aromatic nitrogens is 3. The molecule has 1 aliphatic carbocycles. The average molecular weight is 772 g/mol. The maximum absolute atomic E-state index is 12.6. The normalized spacial score (nSPS) is 13.9. The molecule has 7 aromatic carbocycles. The Kier molecular flexibility index (Phi) is 10.3. The second-order valence-corrected chi connectivity index (χ2v) is 19.1. The molecule has 0 bridgehead atoms. The van der Waals surface area contributed by atoms with Crippen LogP contribution in [0.1, 0.15) is 43.2 Å². The van der Waals surface area contributed by atoms with Crippen molar-refractivity contribution < 1.29 is 4.57 Å². The van der Waals surface area contributed by atoms with Crippen molar-refractivity contribution in [3.05, 3.63) is 193 Å². The van der Waals surface area contributed by atoms with Gasteiger partial charge in [0.05, 0.1) is 0 Å². The van der Waals surface area contributed by atoms with Crippen molar-refractivity contribution in [3.8, 4) is 67.5 Å². The monoisotopic (exact) mass is 771 g/mol. The summed E-state index contributed by atoms with van der Waals surface area (Å²) in [4.78, 5) is 15.1. The third kappa shape index (κ3) is 7.73. The lowest BCUT2D eigenvalue weighted by Crippen LogP contribution is -2.30. The van der Waals surface area contributed by atoms with Gasteiger partial charge in [-0.2, -0.15) is 0 Å². The lowest BCUT2D eigenvalue weighted by Gasteiger charge is -2.39. The van der Waals surface area contributed by atoms with E-state index < -0.39 is 7.14 Å². The smallest absolute Gasteiger partial charge is 0.164 e. The Hall–Kier alpha value is -6.22. The fourth-order valence-corrected chi connectivity index (χ4v) is 9.35. The molecular weight excluding hydrogens is 726 g/mol. The van der Waals surface area contributed by atoms with Crippen molar-refractivity contribution >= 4 is 12.4 Å². The van der Waals surface area contributed by atoms with Crippen molar-refractivity contribution in [2.45, 2.75) is 37.5 Å². The first-order valence-corrected chi connectivity index (χ1v) is 22.9. The summed E-state index contributed by atoms with van der Waals surface area (Å²) < 4.78 is 12.6. The summed E-state index contributed by atoms with van der Waals surface area (Å²) in [5, 5.41) is 0.915. The van der Waals surface area contributed by atoms with E-state index in [1.165, 1.54) is 47.1 Å². The fourth-order valence-electron chi connectivity index (χ4n) is 8.48. The van der Waals surface area contributed by atoms with Crippen LogP contribution in [-0.2, 0) is 9.98 Å². The van der Waals surface area contributed by atoms with E-state index in [0.717, 1.165) is 51.5 Å². The lowest BCUT2D eigenvalue weighted by molar-refractivity contribution is 0.346. The number of rotatable bonds is 9. The first kappa shape index (κ1) is 37.4. The molecule has 0 aliphatic heterocycles. The molecule has 9 rings (SSSR count). The van der Waals surface area contributed by atoms with Gasteiger partial charge in [-0.15, -0.1) is 0 Å². The third-order valence-corrected chi connectivity index (χ3v) is 13.3. The molecule has 0 unspecified atom stereocenters. The van der Waals surface area contributed by atoms with E-state index in [1.807, 2.05) is 49.7 Å². The predicted molar refractivity (Wildman–Crippen MR) is 242 cm³/mol. The van der Waals surface area contributed by atoms with E-state index in [1.54, 1.807) is 0 Å². The maximum Gasteiger partial charge on any atom is 0.164 e. The van der Waals surface area contributed by atoms with E-state index in [4.69, 9.17) is 15.0 Å². The summed E-state index contributed by atoms with van der Waals surface area (Å²) in [5.41, 5.74) is 12.5. The van der Waals surface area contributed by atoms with Gasteiger partial charge >= 0.3 is 0 Å². The van der Waals surface area contributed by atoms with Gasteiger partial charge in [-0.3, -0.25) is 0 Å². The maximum atomic E-state index is 12.6. The molecule has 284 valence electrons. The van der Waals surface area contributed by atoms with Crippen LogP contribution in [0.4, 0.5) is 0 Å². The Balaban J connectivity index is 1.02. The van der Waals surface area contributed by atoms with Crippen LogP contribution in [0.15, 0.2) is 182 Å². The molecule has 1 fully saturated rings. The Labute approximate surface area is 342 Å². The molecule has 0 amide bonds. The zero-order valence-corrected chi connectivity index (χ0v) is 33.9. The molecule has 1 heterocycles. The molecule has 1 saturated carbocycles. The largest absolute Gasteiger partial charge is 0.319 e. The number of hydrogen-bond donors (Lipinski definition) is 0. The highest BCUT2D eigenvalue weighted by Crippen LogP contribution is 2.46. The Bertz CT molecular complexity index is 2680. The Morgan fingerprint density at radius 2 is 0.655 bits per heavy atom. The second-order valence-electron chi connectivity index (χ2n) is 15.9.